The second kappa shape index (κ2) is 6.24. The molecule has 1 saturated carbocycles. The third-order valence-electron chi connectivity index (χ3n) is 3.33. The third kappa shape index (κ3) is 3.05. The van der Waals surface area contributed by atoms with Gasteiger partial charge in [-0.2, -0.15) is 11.8 Å². The maximum Gasteiger partial charge on any atom is 0.145 e. The molecule has 0 amide bonds. The highest BCUT2D eigenvalue weighted by atomic mass is 32.2. The first kappa shape index (κ1) is 13.4. The fourth-order valence-electron chi connectivity index (χ4n) is 2.37. The molecule has 0 spiro atoms. The Labute approximate surface area is 112 Å². The summed E-state index contributed by atoms with van der Waals surface area (Å²) in [5.41, 5.74) is 2.60. The van der Waals surface area contributed by atoms with Crippen molar-refractivity contribution in [2.24, 2.45) is 5.84 Å². The quantitative estimate of drug-likeness (QED) is 0.560. The topological polar surface area (TPSA) is 75.9 Å². The Hall–Kier alpha value is -1.01. The number of thioether (sulfide) groups is 1. The summed E-state index contributed by atoms with van der Waals surface area (Å²) in [4.78, 5) is 8.80. The van der Waals surface area contributed by atoms with Gasteiger partial charge in [-0.25, -0.2) is 15.8 Å². The van der Waals surface area contributed by atoms with Crippen molar-refractivity contribution >= 4 is 23.4 Å². The molecule has 5 nitrogen and oxygen atoms in total. The van der Waals surface area contributed by atoms with Gasteiger partial charge in [-0.15, -0.1) is 0 Å². The van der Waals surface area contributed by atoms with E-state index in [1.165, 1.54) is 19.3 Å². The van der Waals surface area contributed by atoms with Crippen LogP contribution in [0.4, 0.5) is 11.6 Å². The predicted octanol–water partition coefficient (Wildman–Crippen LogP) is 2.02. The minimum Gasteiger partial charge on any atom is -0.366 e. The van der Waals surface area contributed by atoms with E-state index < -0.39 is 0 Å². The Balaban J connectivity index is 2.12. The Bertz CT molecular complexity index is 376. The number of rotatable bonds is 5. The zero-order valence-corrected chi connectivity index (χ0v) is 11.8. The maximum atomic E-state index is 5.43. The van der Waals surface area contributed by atoms with Crippen LogP contribution in [0.5, 0.6) is 0 Å². The summed E-state index contributed by atoms with van der Waals surface area (Å²) >= 11 is 1.93. The molecule has 0 aromatic carbocycles. The summed E-state index contributed by atoms with van der Waals surface area (Å²) < 4.78 is 0. The summed E-state index contributed by atoms with van der Waals surface area (Å²) in [5.74, 6) is 7.79. The van der Waals surface area contributed by atoms with Crippen molar-refractivity contribution in [1.29, 1.82) is 0 Å². The van der Waals surface area contributed by atoms with Gasteiger partial charge in [0.2, 0.25) is 0 Å². The maximum absolute atomic E-state index is 5.43. The van der Waals surface area contributed by atoms with E-state index in [2.05, 4.69) is 27.0 Å². The van der Waals surface area contributed by atoms with E-state index in [4.69, 9.17) is 5.84 Å². The Morgan fingerprint density at radius 2 is 2.17 bits per heavy atom. The summed E-state index contributed by atoms with van der Waals surface area (Å²) in [5, 5.41) is 4.20. The molecular weight excluding hydrogens is 246 g/mol. The van der Waals surface area contributed by atoms with Crippen molar-refractivity contribution in [2.45, 2.75) is 43.9 Å². The van der Waals surface area contributed by atoms with Crippen molar-refractivity contribution < 1.29 is 0 Å². The van der Waals surface area contributed by atoms with Gasteiger partial charge in [0, 0.05) is 23.8 Å². The van der Waals surface area contributed by atoms with E-state index >= 15 is 0 Å². The van der Waals surface area contributed by atoms with E-state index in [0.717, 1.165) is 18.1 Å². The second-order valence-electron chi connectivity index (χ2n) is 4.51. The molecule has 1 aromatic heterocycles. The lowest BCUT2D eigenvalue weighted by Crippen LogP contribution is -2.26. The van der Waals surface area contributed by atoms with Crippen LogP contribution in [0.15, 0.2) is 6.07 Å². The predicted molar refractivity (Wildman–Crippen MR) is 77.8 cm³/mol. The Morgan fingerprint density at radius 1 is 1.39 bits per heavy atom. The zero-order chi connectivity index (χ0) is 13.0. The van der Waals surface area contributed by atoms with Crippen LogP contribution in [-0.2, 0) is 6.42 Å². The fraction of sp³-hybridized carbons (Fsp3) is 0.667. The van der Waals surface area contributed by atoms with Crippen LogP contribution >= 0.6 is 11.8 Å². The van der Waals surface area contributed by atoms with E-state index in [-0.39, 0.29) is 0 Å². The number of anilines is 2. The highest BCUT2D eigenvalue weighted by molar-refractivity contribution is 7.99. The van der Waals surface area contributed by atoms with Crippen LogP contribution in [-0.4, -0.2) is 27.5 Å². The summed E-state index contributed by atoms with van der Waals surface area (Å²) in [6, 6.07) is 2.37. The average Bonchev–Trinajstić information content (AvgIpc) is 2.85. The monoisotopic (exact) mass is 267 g/mol. The van der Waals surface area contributed by atoms with Crippen molar-refractivity contribution in [3.63, 3.8) is 0 Å². The minimum absolute atomic E-state index is 0.505. The normalized spacial score (nSPS) is 23.1. The smallest absolute Gasteiger partial charge is 0.145 e. The average molecular weight is 267 g/mol. The number of hydrazine groups is 1. The van der Waals surface area contributed by atoms with Gasteiger partial charge in [0.15, 0.2) is 0 Å². The van der Waals surface area contributed by atoms with Crippen molar-refractivity contribution in [1.82, 2.24) is 9.97 Å². The molecule has 1 fully saturated rings. The van der Waals surface area contributed by atoms with Crippen LogP contribution in [0.2, 0.25) is 0 Å². The lowest BCUT2D eigenvalue weighted by Gasteiger charge is -2.20. The van der Waals surface area contributed by atoms with Gasteiger partial charge in [-0.05, 0) is 19.1 Å². The fourth-order valence-corrected chi connectivity index (χ4v) is 3.30. The van der Waals surface area contributed by atoms with E-state index in [1.807, 2.05) is 24.8 Å². The third-order valence-corrected chi connectivity index (χ3v) is 4.49. The van der Waals surface area contributed by atoms with Gasteiger partial charge < -0.3 is 10.7 Å². The number of hydrogen-bond acceptors (Lipinski definition) is 6. The van der Waals surface area contributed by atoms with E-state index in [0.29, 0.717) is 17.1 Å². The van der Waals surface area contributed by atoms with Gasteiger partial charge in [-0.3, -0.25) is 0 Å². The molecule has 1 aliphatic carbocycles. The van der Waals surface area contributed by atoms with E-state index in [1.54, 1.807) is 0 Å². The van der Waals surface area contributed by atoms with Gasteiger partial charge in [-0.1, -0.05) is 13.3 Å². The first-order chi connectivity index (χ1) is 8.76. The standard InChI is InChI=1S/C12H21N5S/c1-3-10-15-11(7-12(16-10)17-13)14-8-5-4-6-9(8)18-2/h7-9H,3-6,13H2,1-2H3,(H2,14,15,16,17). The lowest BCUT2D eigenvalue weighted by atomic mass is 10.2. The Kier molecular flexibility index (Phi) is 4.66. The largest absolute Gasteiger partial charge is 0.366 e. The molecule has 2 unspecified atom stereocenters. The number of nitrogens with one attached hydrogen (secondary N) is 2. The molecule has 2 atom stereocenters. The minimum atomic E-state index is 0.505. The number of hydrogen-bond donors (Lipinski definition) is 3. The number of aryl methyl sites for hydroxylation is 1. The molecule has 1 aliphatic rings. The number of nitrogen functional groups attached to an aromatic ring is 1. The number of nitrogens with two attached hydrogens (primary N) is 1. The SMILES string of the molecule is CCc1nc(NN)cc(NC2CCCC2SC)n1. The molecule has 2 rings (SSSR count). The number of aromatic nitrogens is 2. The van der Waals surface area contributed by atoms with Gasteiger partial charge >= 0.3 is 0 Å². The molecule has 4 N–H and O–H groups in total. The molecule has 0 aliphatic heterocycles. The molecule has 1 heterocycles. The lowest BCUT2D eigenvalue weighted by molar-refractivity contribution is 0.759. The molecule has 0 radical (unpaired) electrons. The zero-order valence-electron chi connectivity index (χ0n) is 10.9. The summed E-state index contributed by atoms with van der Waals surface area (Å²) in [7, 11) is 0. The van der Waals surface area contributed by atoms with Crippen LogP contribution in [0.1, 0.15) is 32.0 Å². The highest BCUT2D eigenvalue weighted by Gasteiger charge is 2.26. The Morgan fingerprint density at radius 3 is 2.83 bits per heavy atom. The molecule has 1 aromatic rings. The van der Waals surface area contributed by atoms with E-state index in [9.17, 15) is 0 Å². The first-order valence-electron chi connectivity index (χ1n) is 6.40. The van der Waals surface area contributed by atoms with Crippen molar-refractivity contribution in [2.75, 3.05) is 17.0 Å². The molecule has 0 saturated heterocycles. The first-order valence-corrected chi connectivity index (χ1v) is 7.69. The molecule has 18 heavy (non-hydrogen) atoms. The molecule has 0 bridgehead atoms. The second-order valence-corrected chi connectivity index (χ2v) is 5.59. The highest BCUT2D eigenvalue weighted by Crippen LogP contribution is 2.30. The van der Waals surface area contributed by atoms with Crippen molar-refractivity contribution in [3.8, 4) is 0 Å². The van der Waals surface area contributed by atoms with Crippen LogP contribution < -0.4 is 16.6 Å². The van der Waals surface area contributed by atoms with Gasteiger partial charge in [0.1, 0.15) is 17.5 Å². The van der Waals surface area contributed by atoms with Crippen LogP contribution in [0.3, 0.4) is 0 Å². The van der Waals surface area contributed by atoms with Crippen LogP contribution in [0, 0.1) is 0 Å². The summed E-state index contributed by atoms with van der Waals surface area (Å²) in [6.45, 7) is 2.04. The molecule has 6 heteroatoms. The summed E-state index contributed by atoms with van der Waals surface area (Å²) in [6.07, 6.45) is 6.77. The van der Waals surface area contributed by atoms with Gasteiger partial charge in [0.05, 0.1) is 0 Å². The molecule has 100 valence electrons. The van der Waals surface area contributed by atoms with Crippen LogP contribution in [0.25, 0.3) is 0 Å². The molecular formula is C12H21N5S. The number of nitrogens with zero attached hydrogens (tertiary/aromatic N) is 2. The van der Waals surface area contributed by atoms with Crippen molar-refractivity contribution in [3.05, 3.63) is 11.9 Å². The van der Waals surface area contributed by atoms with Gasteiger partial charge in [0.25, 0.3) is 0 Å².